The summed E-state index contributed by atoms with van der Waals surface area (Å²) >= 11 is 1.13. The van der Waals surface area contributed by atoms with Crippen molar-refractivity contribution in [2.24, 2.45) is 0 Å². The summed E-state index contributed by atoms with van der Waals surface area (Å²) in [6, 6.07) is 14.7. The van der Waals surface area contributed by atoms with Crippen LogP contribution in [0.2, 0.25) is 0 Å². The topological polar surface area (TPSA) is 105 Å². The third-order valence-electron chi connectivity index (χ3n) is 5.09. The normalized spacial score (nSPS) is 13.8. The first-order chi connectivity index (χ1) is 15.6. The van der Waals surface area contributed by atoms with Crippen molar-refractivity contribution in [3.05, 3.63) is 59.9 Å². The second-order valence-corrected chi connectivity index (χ2v) is 7.91. The molecule has 3 heterocycles. The highest BCUT2D eigenvalue weighted by atomic mass is 32.1. The maximum atomic E-state index is 12.6. The Morgan fingerprint density at radius 3 is 2.53 bits per heavy atom. The number of morpholine rings is 1. The van der Waals surface area contributed by atoms with E-state index in [0.29, 0.717) is 30.3 Å². The highest BCUT2D eigenvalue weighted by molar-refractivity contribution is 7.00. The molecule has 2 aromatic heterocycles. The molecule has 0 aliphatic carbocycles. The number of aromatic nitrogens is 4. The molecule has 9 nitrogen and oxygen atoms in total. The summed E-state index contributed by atoms with van der Waals surface area (Å²) in [5.41, 5.74) is 3.62. The van der Waals surface area contributed by atoms with Gasteiger partial charge in [-0.15, -0.1) is 0 Å². The quantitative estimate of drug-likeness (QED) is 0.478. The molecule has 1 amide bonds. The van der Waals surface area contributed by atoms with E-state index in [0.717, 1.165) is 53.2 Å². The van der Waals surface area contributed by atoms with Gasteiger partial charge in [-0.2, -0.15) is 8.75 Å². The number of amides is 1. The molecule has 1 fully saturated rings. The summed E-state index contributed by atoms with van der Waals surface area (Å²) < 4.78 is 13.8. The number of hydrogen-bond acceptors (Lipinski definition) is 9. The predicted octanol–water partition coefficient (Wildman–Crippen LogP) is 3.62. The number of nitrogens with zero attached hydrogens (tertiary/aromatic N) is 5. The van der Waals surface area contributed by atoms with Gasteiger partial charge in [-0.05, 0) is 49.4 Å². The Balaban J connectivity index is 1.26. The van der Waals surface area contributed by atoms with Gasteiger partial charge in [-0.3, -0.25) is 4.79 Å². The molecular weight excluding hydrogens is 426 g/mol. The van der Waals surface area contributed by atoms with Crippen LogP contribution >= 0.6 is 11.7 Å². The lowest BCUT2D eigenvalue weighted by molar-refractivity contribution is 0.102. The minimum atomic E-state index is -0.192. The predicted molar refractivity (Wildman–Crippen MR) is 125 cm³/mol. The number of benzene rings is 2. The molecule has 1 aliphatic heterocycles. The molecule has 0 radical (unpaired) electrons. The summed E-state index contributed by atoms with van der Waals surface area (Å²) in [5.74, 6) is 2.12. The van der Waals surface area contributed by atoms with Crippen LogP contribution in [0.5, 0.6) is 0 Å². The third-order valence-corrected chi connectivity index (χ3v) is 5.65. The molecule has 4 aromatic rings. The molecule has 0 saturated carbocycles. The van der Waals surface area contributed by atoms with E-state index >= 15 is 0 Å². The molecule has 2 N–H and O–H groups in total. The molecule has 0 atom stereocenters. The van der Waals surface area contributed by atoms with E-state index in [1.807, 2.05) is 37.3 Å². The number of carbonyl (C=O) groups excluding carboxylic acids is 1. The Morgan fingerprint density at radius 1 is 0.969 bits per heavy atom. The van der Waals surface area contributed by atoms with Crippen molar-refractivity contribution in [1.29, 1.82) is 0 Å². The Bertz CT molecular complexity index is 1250. The summed E-state index contributed by atoms with van der Waals surface area (Å²) in [6.45, 7) is 4.92. The summed E-state index contributed by atoms with van der Waals surface area (Å²) in [4.78, 5) is 23.8. The molecule has 162 valence electrons. The van der Waals surface area contributed by atoms with Gasteiger partial charge in [0, 0.05) is 36.1 Å². The van der Waals surface area contributed by atoms with Crippen molar-refractivity contribution in [3.8, 4) is 0 Å². The van der Waals surface area contributed by atoms with Gasteiger partial charge in [0.2, 0.25) is 0 Å². The zero-order valence-electron chi connectivity index (χ0n) is 17.4. The smallest absolute Gasteiger partial charge is 0.255 e. The average Bonchev–Trinajstić information content (AvgIpc) is 3.28. The fourth-order valence-electron chi connectivity index (χ4n) is 3.48. The summed E-state index contributed by atoms with van der Waals surface area (Å²) in [6.07, 6.45) is 0. The monoisotopic (exact) mass is 447 g/mol. The van der Waals surface area contributed by atoms with Crippen molar-refractivity contribution in [2.75, 3.05) is 41.8 Å². The Morgan fingerprint density at radius 2 is 1.72 bits per heavy atom. The molecular formula is C22H21N7O2S. The van der Waals surface area contributed by atoms with Gasteiger partial charge in [-0.25, -0.2) is 9.97 Å². The number of anilines is 4. The van der Waals surface area contributed by atoms with Crippen LogP contribution in [0.3, 0.4) is 0 Å². The van der Waals surface area contributed by atoms with E-state index in [4.69, 9.17) is 4.74 Å². The third kappa shape index (κ3) is 4.51. The SMILES string of the molecule is Cc1nc(Nc2ccc(NC(=O)c3ccc4nsnc4c3)cc2)cc(N2CCOCC2)n1. The van der Waals surface area contributed by atoms with Crippen molar-refractivity contribution >= 4 is 51.7 Å². The lowest BCUT2D eigenvalue weighted by atomic mass is 10.2. The first-order valence-electron chi connectivity index (χ1n) is 10.2. The van der Waals surface area contributed by atoms with E-state index in [1.54, 1.807) is 18.2 Å². The first kappa shape index (κ1) is 20.3. The van der Waals surface area contributed by atoms with Gasteiger partial charge in [0.05, 0.1) is 24.9 Å². The molecule has 0 spiro atoms. The van der Waals surface area contributed by atoms with Gasteiger partial charge in [0.25, 0.3) is 5.91 Å². The fourth-order valence-corrected chi connectivity index (χ4v) is 4.00. The van der Waals surface area contributed by atoms with Crippen LogP contribution in [0.4, 0.5) is 23.0 Å². The van der Waals surface area contributed by atoms with Gasteiger partial charge < -0.3 is 20.3 Å². The van der Waals surface area contributed by atoms with Crippen LogP contribution in [0.15, 0.2) is 48.5 Å². The van der Waals surface area contributed by atoms with E-state index < -0.39 is 0 Å². The number of ether oxygens (including phenoxy) is 1. The number of carbonyl (C=O) groups is 1. The molecule has 1 saturated heterocycles. The zero-order chi connectivity index (χ0) is 21.9. The minimum absolute atomic E-state index is 0.192. The standard InChI is InChI=1S/C22H21N7O2S/c1-14-23-20(13-21(24-14)29-8-10-31-11-9-29)25-16-3-5-17(6-4-16)26-22(30)15-2-7-18-19(12-15)28-32-27-18/h2-7,12-13H,8-11H2,1H3,(H,26,30)(H,23,24,25). The Hall–Kier alpha value is -3.63. The van der Waals surface area contributed by atoms with Crippen molar-refractivity contribution in [3.63, 3.8) is 0 Å². The zero-order valence-corrected chi connectivity index (χ0v) is 18.2. The highest BCUT2D eigenvalue weighted by Crippen LogP contribution is 2.22. The number of nitrogens with one attached hydrogen (secondary N) is 2. The molecule has 2 aromatic carbocycles. The maximum absolute atomic E-state index is 12.6. The van der Waals surface area contributed by atoms with Gasteiger partial charge in [0.1, 0.15) is 28.5 Å². The number of hydrogen-bond donors (Lipinski definition) is 2. The van der Waals surface area contributed by atoms with Crippen LogP contribution in [-0.4, -0.2) is 50.9 Å². The Labute approximate surface area is 188 Å². The fraction of sp³-hybridized carbons (Fsp3) is 0.227. The van der Waals surface area contributed by atoms with E-state index in [1.165, 1.54) is 0 Å². The van der Waals surface area contributed by atoms with E-state index in [2.05, 4.69) is 34.2 Å². The second-order valence-electron chi connectivity index (χ2n) is 7.38. The molecule has 0 bridgehead atoms. The number of rotatable bonds is 5. The maximum Gasteiger partial charge on any atom is 0.255 e. The van der Waals surface area contributed by atoms with Gasteiger partial charge in [-0.1, -0.05) is 0 Å². The molecule has 5 rings (SSSR count). The molecule has 1 aliphatic rings. The lowest BCUT2D eigenvalue weighted by Crippen LogP contribution is -2.36. The van der Waals surface area contributed by atoms with Gasteiger partial charge in [0.15, 0.2) is 0 Å². The average molecular weight is 448 g/mol. The highest BCUT2D eigenvalue weighted by Gasteiger charge is 2.14. The minimum Gasteiger partial charge on any atom is -0.378 e. The summed E-state index contributed by atoms with van der Waals surface area (Å²) in [7, 11) is 0. The number of aryl methyl sites for hydroxylation is 1. The van der Waals surface area contributed by atoms with E-state index in [9.17, 15) is 4.79 Å². The van der Waals surface area contributed by atoms with Crippen LogP contribution in [-0.2, 0) is 4.74 Å². The molecule has 10 heteroatoms. The van der Waals surface area contributed by atoms with Crippen LogP contribution < -0.4 is 15.5 Å². The van der Waals surface area contributed by atoms with Crippen LogP contribution in [0.1, 0.15) is 16.2 Å². The van der Waals surface area contributed by atoms with Gasteiger partial charge >= 0.3 is 0 Å². The van der Waals surface area contributed by atoms with Crippen LogP contribution in [0, 0.1) is 6.92 Å². The second kappa shape index (κ2) is 8.85. The van der Waals surface area contributed by atoms with Crippen molar-refractivity contribution in [2.45, 2.75) is 6.92 Å². The summed E-state index contributed by atoms with van der Waals surface area (Å²) in [5, 5.41) is 6.23. The van der Waals surface area contributed by atoms with E-state index in [-0.39, 0.29) is 5.91 Å². The lowest BCUT2D eigenvalue weighted by Gasteiger charge is -2.28. The first-order valence-corrected chi connectivity index (χ1v) is 11.0. The number of fused-ring (bicyclic) bond motifs is 1. The van der Waals surface area contributed by atoms with Crippen molar-refractivity contribution in [1.82, 2.24) is 18.7 Å². The molecule has 0 unspecified atom stereocenters. The van der Waals surface area contributed by atoms with Crippen molar-refractivity contribution < 1.29 is 9.53 Å². The van der Waals surface area contributed by atoms with Crippen LogP contribution in [0.25, 0.3) is 11.0 Å². The largest absolute Gasteiger partial charge is 0.378 e. The Kier molecular flexibility index (Phi) is 5.61. The molecule has 32 heavy (non-hydrogen) atoms.